The van der Waals surface area contributed by atoms with Crippen LogP contribution in [0.1, 0.15) is 31.4 Å². The predicted octanol–water partition coefficient (Wildman–Crippen LogP) is 3.48. The van der Waals surface area contributed by atoms with E-state index in [-0.39, 0.29) is 0 Å². The maximum absolute atomic E-state index is 6.49. The number of nitrogens with one attached hydrogen (secondary N) is 1. The third-order valence-electron chi connectivity index (χ3n) is 4.17. The van der Waals surface area contributed by atoms with Gasteiger partial charge in [0.05, 0.1) is 17.3 Å². The number of benzene rings is 1. The van der Waals surface area contributed by atoms with Crippen molar-refractivity contribution >= 4 is 17.3 Å². The van der Waals surface area contributed by atoms with Gasteiger partial charge in [0.25, 0.3) is 0 Å². The number of methoxy groups -OCH3 is 1. The molecular weight excluding hydrogens is 272 g/mol. The van der Waals surface area contributed by atoms with Crippen molar-refractivity contribution in [2.75, 3.05) is 38.8 Å². The van der Waals surface area contributed by atoms with Crippen LogP contribution in [0, 0.1) is 5.92 Å². The summed E-state index contributed by atoms with van der Waals surface area (Å²) in [6, 6.07) is 6.73. The Bertz CT molecular complexity index is 436. The minimum atomic E-state index is 0.323. The van der Waals surface area contributed by atoms with E-state index in [2.05, 4.69) is 35.3 Å². The zero-order chi connectivity index (χ0) is 14.5. The zero-order valence-corrected chi connectivity index (χ0v) is 13.4. The minimum Gasteiger partial charge on any atom is -0.384 e. The molecule has 1 fully saturated rings. The number of hydrogen-bond donors (Lipinski definition) is 1. The number of rotatable bonds is 5. The first kappa shape index (κ1) is 15.6. The van der Waals surface area contributed by atoms with E-state index in [9.17, 15) is 0 Å². The third-order valence-corrected chi connectivity index (χ3v) is 4.47. The van der Waals surface area contributed by atoms with Gasteiger partial charge in [-0.05, 0) is 50.4 Å². The molecule has 1 N–H and O–H groups in total. The Balaban J connectivity index is 2.12. The Hall–Kier alpha value is -0.770. The van der Waals surface area contributed by atoms with Crippen molar-refractivity contribution in [1.82, 2.24) is 5.32 Å². The highest BCUT2D eigenvalue weighted by Gasteiger charge is 2.21. The standard InChI is InChI=1S/C16H25ClN2O/c1-12(18-2)14-6-7-16(15(17)9-14)19-8-4-5-13(10-19)11-20-3/h6-7,9,12-13,18H,4-5,8,10-11H2,1-3H3. The second kappa shape index (κ2) is 7.30. The lowest BCUT2D eigenvalue weighted by Gasteiger charge is -2.34. The number of halogens is 1. The molecule has 0 bridgehead atoms. The van der Waals surface area contributed by atoms with Crippen LogP contribution < -0.4 is 10.2 Å². The molecule has 0 amide bonds. The van der Waals surface area contributed by atoms with Gasteiger partial charge in [-0.1, -0.05) is 17.7 Å². The Labute approximate surface area is 127 Å². The van der Waals surface area contributed by atoms with E-state index < -0.39 is 0 Å². The summed E-state index contributed by atoms with van der Waals surface area (Å²) in [5, 5.41) is 4.09. The van der Waals surface area contributed by atoms with Crippen molar-refractivity contribution in [3.63, 3.8) is 0 Å². The molecule has 2 atom stereocenters. The fourth-order valence-corrected chi connectivity index (χ4v) is 3.18. The Morgan fingerprint density at radius 3 is 2.95 bits per heavy atom. The van der Waals surface area contributed by atoms with Gasteiger partial charge in [0.1, 0.15) is 0 Å². The van der Waals surface area contributed by atoms with Crippen molar-refractivity contribution in [2.24, 2.45) is 5.92 Å². The zero-order valence-electron chi connectivity index (χ0n) is 12.7. The summed E-state index contributed by atoms with van der Waals surface area (Å²) in [5.41, 5.74) is 2.38. The van der Waals surface area contributed by atoms with E-state index in [0.29, 0.717) is 12.0 Å². The molecule has 20 heavy (non-hydrogen) atoms. The van der Waals surface area contributed by atoms with Crippen molar-refractivity contribution in [2.45, 2.75) is 25.8 Å². The van der Waals surface area contributed by atoms with Crippen LogP contribution >= 0.6 is 11.6 Å². The molecule has 0 radical (unpaired) electrons. The van der Waals surface area contributed by atoms with Crippen LogP contribution in [-0.2, 0) is 4.74 Å². The highest BCUT2D eigenvalue weighted by Crippen LogP contribution is 2.32. The van der Waals surface area contributed by atoms with Gasteiger partial charge in [-0.3, -0.25) is 0 Å². The number of nitrogens with zero attached hydrogens (tertiary/aromatic N) is 1. The lowest BCUT2D eigenvalue weighted by molar-refractivity contribution is 0.143. The number of anilines is 1. The van der Waals surface area contributed by atoms with E-state index in [1.54, 1.807) is 7.11 Å². The van der Waals surface area contributed by atoms with Gasteiger partial charge in [-0.15, -0.1) is 0 Å². The second-order valence-corrected chi connectivity index (χ2v) is 6.04. The molecule has 0 aromatic heterocycles. The molecule has 4 heteroatoms. The predicted molar refractivity (Wildman–Crippen MR) is 85.7 cm³/mol. The van der Waals surface area contributed by atoms with Gasteiger partial charge in [0.15, 0.2) is 0 Å². The second-order valence-electron chi connectivity index (χ2n) is 5.63. The summed E-state index contributed by atoms with van der Waals surface area (Å²) >= 11 is 6.49. The maximum atomic E-state index is 6.49. The molecule has 1 aromatic carbocycles. The Kier molecular flexibility index (Phi) is 5.70. The molecule has 1 aromatic rings. The quantitative estimate of drug-likeness (QED) is 0.900. The fraction of sp³-hybridized carbons (Fsp3) is 0.625. The molecule has 1 aliphatic rings. The minimum absolute atomic E-state index is 0.323. The summed E-state index contributed by atoms with van der Waals surface area (Å²) in [7, 11) is 3.74. The summed E-state index contributed by atoms with van der Waals surface area (Å²) in [6.45, 7) is 5.10. The normalized spacial score (nSPS) is 21.0. The van der Waals surface area contributed by atoms with Gasteiger partial charge in [-0.2, -0.15) is 0 Å². The van der Waals surface area contributed by atoms with E-state index in [1.807, 2.05) is 7.05 Å². The molecule has 112 valence electrons. The Morgan fingerprint density at radius 2 is 2.30 bits per heavy atom. The molecule has 0 saturated carbocycles. The lowest BCUT2D eigenvalue weighted by Crippen LogP contribution is -2.37. The van der Waals surface area contributed by atoms with Crippen LogP contribution in [0.15, 0.2) is 18.2 Å². The fourth-order valence-electron chi connectivity index (χ4n) is 2.87. The van der Waals surface area contributed by atoms with Crippen LogP contribution in [0.3, 0.4) is 0 Å². The topological polar surface area (TPSA) is 24.5 Å². The largest absolute Gasteiger partial charge is 0.384 e. The molecular formula is C16H25ClN2O. The first-order valence-corrected chi connectivity index (χ1v) is 7.74. The molecule has 0 aliphatic carbocycles. The molecule has 3 nitrogen and oxygen atoms in total. The van der Waals surface area contributed by atoms with Crippen molar-refractivity contribution < 1.29 is 4.74 Å². The van der Waals surface area contributed by atoms with Crippen molar-refractivity contribution in [3.8, 4) is 0 Å². The highest BCUT2D eigenvalue weighted by atomic mass is 35.5. The van der Waals surface area contributed by atoms with Crippen molar-refractivity contribution in [1.29, 1.82) is 0 Å². The third kappa shape index (κ3) is 3.66. The van der Waals surface area contributed by atoms with Gasteiger partial charge < -0.3 is 15.0 Å². The molecule has 1 aliphatic heterocycles. The van der Waals surface area contributed by atoms with Crippen molar-refractivity contribution in [3.05, 3.63) is 28.8 Å². The van der Waals surface area contributed by atoms with Gasteiger partial charge >= 0.3 is 0 Å². The maximum Gasteiger partial charge on any atom is 0.0642 e. The summed E-state index contributed by atoms with van der Waals surface area (Å²) in [6.07, 6.45) is 2.45. The van der Waals surface area contributed by atoms with E-state index in [0.717, 1.165) is 30.4 Å². The number of piperidine rings is 1. The smallest absolute Gasteiger partial charge is 0.0642 e. The van der Waals surface area contributed by atoms with Crippen LogP contribution in [-0.4, -0.2) is 33.9 Å². The lowest BCUT2D eigenvalue weighted by atomic mass is 9.98. The molecule has 2 unspecified atom stereocenters. The Morgan fingerprint density at radius 1 is 1.50 bits per heavy atom. The SMILES string of the molecule is CNC(C)c1ccc(N2CCCC(COC)C2)c(Cl)c1. The molecule has 2 rings (SSSR count). The monoisotopic (exact) mass is 296 g/mol. The first-order valence-electron chi connectivity index (χ1n) is 7.36. The summed E-state index contributed by atoms with van der Waals surface area (Å²) in [5.74, 6) is 0.612. The summed E-state index contributed by atoms with van der Waals surface area (Å²) < 4.78 is 5.29. The van der Waals surface area contributed by atoms with Gasteiger partial charge in [0.2, 0.25) is 0 Å². The van der Waals surface area contributed by atoms with E-state index in [1.165, 1.54) is 18.4 Å². The molecule has 0 spiro atoms. The average Bonchev–Trinajstić information content (AvgIpc) is 2.47. The number of ether oxygens (including phenoxy) is 1. The molecule has 1 saturated heterocycles. The van der Waals surface area contributed by atoms with E-state index >= 15 is 0 Å². The number of hydrogen-bond acceptors (Lipinski definition) is 3. The van der Waals surface area contributed by atoms with Gasteiger partial charge in [-0.25, -0.2) is 0 Å². The van der Waals surface area contributed by atoms with Crippen LogP contribution in [0.25, 0.3) is 0 Å². The first-order chi connectivity index (χ1) is 9.65. The average molecular weight is 297 g/mol. The van der Waals surface area contributed by atoms with E-state index in [4.69, 9.17) is 16.3 Å². The highest BCUT2D eigenvalue weighted by molar-refractivity contribution is 6.33. The summed E-state index contributed by atoms with van der Waals surface area (Å²) in [4.78, 5) is 2.39. The molecule has 1 heterocycles. The van der Waals surface area contributed by atoms with Gasteiger partial charge in [0, 0.05) is 26.2 Å². The van der Waals surface area contributed by atoms with Crippen LogP contribution in [0.4, 0.5) is 5.69 Å². The van der Waals surface area contributed by atoms with Crippen LogP contribution in [0.5, 0.6) is 0 Å². The van der Waals surface area contributed by atoms with Crippen LogP contribution in [0.2, 0.25) is 5.02 Å².